The molecule has 2 N–H and O–H groups in total. The van der Waals surface area contributed by atoms with Crippen LogP contribution >= 0.6 is 0 Å². The molecule has 1 unspecified atom stereocenters. The summed E-state index contributed by atoms with van der Waals surface area (Å²) in [7, 11) is 1.88. The molecule has 0 heterocycles. The Morgan fingerprint density at radius 3 is 2.47 bits per heavy atom. The summed E-state index contributed by atoms with van der Waals surface area (Å²) in [6.07, 6.45) is -0.668. The molecule has 0 aliphatic carbocycles. The van der Waals surface area contributed by atoms with Gasteiger partial charge in [-0.1, -0.05) is 0 Å². The van der Waals surface area contributed by atoms with Crippen molar-refractivity contribution >= 4 is 0 Å². The first-order chi connectivity index (χ1) is 7.20. The highest BCUT2D eigenvalue weighted by molar-refractivity contribution is 4.58. The van der Waals surface area contributed by atoms with Gasteiger partial charge in [-0.3, -0.25) is 0 Å². The highest BCUT2D eigenvalue weighted by Crippen LogP contribution is 1.88. The van der Waals surface area contributed by atoms with Gasteiger partial charge >= 0.3 is 0 Å². The van der Waals surface area contributed by atoms with Crippen LogP contribution in [0, 0.1) is 0 Å². The minimum Gasteiger partial charge on any atom is -0.394 e. The molecular formula is C10H23NO4. The molecule has 0 rings (SSSR count). The Bertz CT molecular complexity index is 135. The van der Waals surface area contributed by atoms with E-state index in [0.29, 0.717) is 33.0 Å². The van der Waals surface area contributed by atoms with E-state index in [2.05, 4.69) is 0 Å². The first-order valence-electron chi connectivity index (χ1n) is 5.33. The second kappa shape index (κ2) is 10.3. The standard InChI is InChI=1S/C10H23NO4/c1-3-14-6-7-15-5-4-11(2)8-10(13)9-12/h10,12-13H,3-9H2,1-2H3. The van der Waals surface area contributed by atoms with Crippen LogP contribution in [0.1, 0.15) is 6.92 Å². The molecule has 0 aliphatic rings. The van der Waals surface area contributed by atoms with Gasteiger partial charge in [0.05, 0.1) is 32.5 Å². The summed E-state index contributed by atoms with van der Waals surface area (Å²) < 4.78 is 10.4. The summed E-state index contributed by atoms with van der Waals surface area (Å²) in [6.45, 7) is 5.51. The molecule has 92 valence electrons. The Morgan fingerprint density at radius 1 is 1.20 bits per heavy atom. The predicted octanol–water partition coefficient (Wildman–Crippen LogP) is -0.675. The monoisotopic (exact) mass is 221 g/mol. The second-order valence-electron chi connectivity index (χ2n) is 3.41. The number of nitrogens with zero attached hydrogens (tertiary/aromatic N) is 1. The van der Waals surface area contributed by atoms with Gasteiger partial charge in [-0.2, -0.15) is 0 Å². The molecule has 0 saturated heterocycles. The average molecular weight is 221 g/mol. The minimum absolute atomic E-state index is 0.199. The lowest BCUT2D eigenvalue weighted by Crippen LogP contribution is -2.33. The van der Waals surface area contributed by atoms with Gasteiger partial charge in [0, 0.05) is 19.7 Å². The molecule has 5 heteroatoms. The molecule has 0 aliphatic heterocycles. The third-order valence-corrected chi connectivity index (χ3v) is 1.93. The lowest BCUT2D eigenvalue weighted by molar-refractivity contribution is 0.0318. The van der Waals surface area contributed by atoms with E-state index in [4.69, 9.17) is 19.7 Å². The predicted molar refractivity (Wildman–Crippen MR) is 57.9 cm³/mol. The Balaban J connectivity index is 3.20. The highest BCUT2D eigenvalue weighted by atomic mass is 16.5. The number of hydrogen-bond acceptors (Lipinski definition) is 5. The summed E-state index contributed by atoms with van der Waals surface area (Å²) in [6, 6.07) is 0. The molecule has 0 saturated carbocycles. The lowest BCUT2D eigenvalue weighted by Gasteiger charge is -2.19. The zero-order valence-corrected chi connectivity index (χ0v) is 9.69. The summed E-state index contributed by atoms with van der Waals surface area (Å²) >= 11 is 0. The van der Waals surface area contributed by atoms with Crippen LogP contribution in [0.3, 0.4) is 0 Å². The van der Waals surface area contributed by atoms with Gasteiger partial charge in [-0.05, 0) is 14.0 Å². The van der Waals surface area contributed by atoms with Gasteiger partial charge in [0.1, 0.15) is 0 Å². The normalized spacial score (nSPS) is 13.4. The molecule has 0 aromatic rings. The number of hydrogen-bond donors (Lipinski definition) is 2. The van der Waals surface area contributed by atoms with Crippen molar-refractivity contribution in [1.29, 1.82) is 0 Å². The smallest absolute Gasteiger partial charge is 0.0897 e. The summed E-state index contributed by atoms with van der Waals surface area (Å²) in [4.78, 5) is 1.92. The lowest BCUT2D eigenvalue weighted by atomic mass is 10.3. The summed E-state index contributed by atoms with van der Waals surface area (Å²) in [5.74, 6) is 0. The van der Waals surface area contributed by atoms with E-state index in [0.717, 1.165) is 6.54 Å². The largest absolute Gasteiger partial charge is 0.394 e. The summed E-state index contributed by atoms with van der Waals surface area (Å²) in [5, 5.41) is 17.8. The van der Waals surface area contributed by atoms with Gasteiger partial charge in [-0.15, -0.1) is 0 Å². The van der Waals surface area contributed by atoms with Crippen LogP contribution in [0.25, 0.3) is 0 Å². The van der Waals surface area contributed by atoms with Gasteiger partial charge < -0.3 is 24.6 Å². The van der Waals surface area contributed by atoms with Crippen molar-refractivity contribution in [2.45, 2.75) is 13.0 Å². The minimum atomic E-state index is -0.668. The van der Waals surface area contributed by atoms with Crippen LogP contribution in [0.15, 0.2) is 0 Å². The number of aliphatic hydroxyl groups is 2. The fourth-order valence-corrected chi connectivity index (χ4v) is 1.09. The Hall–Kier alpha value is -0.200. The zero-order chi connectivity index (χ0) is 11.5. The SMILES string of the molecule is CCOCCOCCN(C)CC(O)CO. The van der Waals surface area contributed by atoms with Crippen molar-refractivity contribution in [3.8, 4) is 0 Å². The Morgan fingerprint density at radius 2 is 1.87 bits per heavy atom. The van der Waals surface area contributed by atoms with E-state index in [9.17, 15) is 0 Å². The van der Waals surface area contributed by atoms with E-state index >= 15 is 0 Å². The molecule has 0 spiro atoms. The molecular weight excluding hydrogens is 198 g/mol. The van der Waals surface area contributed by atoms with Crippen molar-refractivity contribution in [2.75, 3.05) is 53.2 Å². The van der Waals surface area contributed by atoms with Crippen LogP contribution < -0.4 is 0 Å². The topological polar surface area (TPSA) is 62.2 Å². The van der Waals surface area contributed by atoms with Gasteiger partial charge in [0.25, 0.3) is 0 Å². The van der Waals surface area contributed by atoms with Gasteiger partial charge in [0.15, 0.2) is 0 Å². The van der Waals surface area contributed by atoms with E-state index in [1.807, 2.05) is 18.9 Å². The van der Waals surface area contributed by atoms with E-state index in [1.165, 1.54) is 0 Å². The number of aliphatic hydroxyl groups excluding tert-OH is 2. The third-order valence-electron chi connectivity index (χ3n) is 1.93. The summed E-state index contributed by atoms with van der Waals surface area (Å²) in [5.41, 5.74) is 0. The first-order valence-corrected chi connectivity index (χ1v) is 5.33. The van der Waals surface area contributed by atoms with Crippen molar-refractivity contribution in [2.24, 2.45) is 0 Å². The zero-order valence-electron chi connectivity index (χ0n) is 9.69. The molecule has 5 nitrogen and oxygen atoms in total. The van der Waals surface area contributed by atoms with Crippen LogP contribution in [0.2, 0.25) is 0 Å². The van der Waals surface area contributed by atoms with Crippen molar-refractivity contribution in [3.63, 3.8) is 0 Å². The van der Waals surface area contributed by atoms with E-state index in [-0.39, 0.29) is 6.61 Å². The molecule has 0 fully saturated rings. The van der Waals surface area contributed by atoms with Crippen molar-refractivity contribution < 1.29 is 19.7 Å². The van der Waals surface area contributed by atoms with Crippen molar-refractivity contribution in [1.82, 2.24) is 4.90 Å². The maximum Gasteiger partial charge on any atom is 0.0897 e. The molecule has 0 bridgehead atoms. The molecule has 0 radical (unpaired) electrons. The molecule has 0 aromatic carbocycles. The Labute approximate surface area is 91.6 Å². The molecule has 1 atom stereocenters. The number of likely N-dealkylation sites (N-methyl/N-ethyl adjacent to an activating group) is 1. The van der Waals surface area contributed by atoms with E-state index < -0.39 is 6.10 Å². The van der Waals surface area contributed by atoms with Crippen LogP contribution in [0.4, 0.5) is 0 Å². The maximum absolute atomic E-state index is 9.15. The second-order valence-corrected chi connectivity index (χ2v) is 3.41. The van der Waals surface area contributed by atoms with Crippen molar-refractivity contribution in [3.05, 3.63) is 0 Å². The fourth-order valence-electron chi connectivity index (χ4n) is 1.09. The number of rotatable bonds is 10. The van der Waals surface area contributed by atoms with Gasteiger partial charge in [-0.25, -0.2) is 0 Å². The van der Waals surface area contributed by atoms with Crippen LogP contribution in [-0.4, -0.2) is 74.4 Å². The van der Waals surface area contributed by atoms with Gasteiger partial charge in [0.2, 0.25) is 0 Å². The maximum atomic E-state index is 9.15. The third kappa shape index (κ3) is 10.1. The van der Waals surface area contributed by atoms with E-state index in [1.54, 1.807) is 0 Å². The molecule has 0 amide bonds. The fraction of sp³-hybridized carbons (Fsp3) is 1.00. The first kappa shape index (κ1) is 14.8. The number of ether oxygens (including phenoxy) is 2. The van der Waals surface area contributed by atoms with Crippen LogP contribution in [0.5, 0.6) is 0 Å². The molecule has 0 aromatic heterocycles. The quantitative estimate of drug-likeness (QED) is 0.479. The van der Waals surface area contributed by atoms with Crippen LogP contribution in [-0.2, 0) is 9.47 Å². The highest BCUT2D eigenvalue weighted by Gasteiger charge is 2.05. The average Bonchev–Trinajstić information content (AvgIpc) is 2.23. The molecule has 15 heavy (non-hydrogen) atoms. The Kier molecular flexibility index (Phi) is 10.2.